The average Bonchev–Trinajstić information content (AvgIpc) is 2.37. The molecule has 0 N–H and O–H groups in total. The minimum atomic E-state index is -2.69. The molecule has 19 heavy (non-hydrogen) atoms. The second kappa shape index (κ2) is 7.19. The van der Waals surface area contributed by atoms with Gasteiger partial charge in [-0.05, 0) is 30.2 Å². The van der Waals surface area contributed by atoms with Gasteiger partial charge in [0.25, 0.3) is 6.43 Å². The number of alkyl halides is 3. The molecule has 0 aromatic heterocycles. The SMILES string of the molecule is CCOC(=O)Cc1cc(C#N)c(CBr)c(C(F)F)c1. The molecule has 0 saturated heterocycles. The number of benzene rings is 1. The third kappa shape index (κ3) is 4.00. The van der Waals surface area contributed by atoms with E-state index in [1.807, 2.05) is 6.07 Å². The van der Waals surface area contributed by atoms with Crippen LogP contribution < -0.4 is 0 Å². The highest BCUT2D eigenvalue weighted by molar-refractivity contribution is 9.08. The Morgan fingerprint density at radius 2 is 2.21 bits per heavy atom. The Labute approximate surface area is 118 Å². The molecule has 1 aromatic rings. The molecule has 0 heterocycles. The molecule has 0 fully saturated rings. The van der Waals surface area contributed by atoms with Gasteiger partial charge in [-0.2, -0.15) is 5.26 Å². The van der Waals surface area contributed by atoms with E-state index in [-0.39, 0.29) is 35.0 Å². The maximum atomic E-state index is 12.9. The molecule has 0 radical (unpaired) electrons. The van der Waals surface area contributed by atoms with Crippen molar-refractivity contribution in [3.8, 4) is 6.07 Å². The lowest BCUT2D eigenvalue weighted by molar-refractivity contribution is -0.142. The highest BCUT2D eigenvalue weighted by atomic mass is 79.9. The van der Waals surface area contributed by atoms with Gasteiger partial charge in [0.05, 0.1) is 24.7 Å². The number of carbonyl (C=O) groups excluding carboxylic acids is 1. The molecule has 0 saturated carbocycles. The van der Waals surface area contributed by atoms with Crippen LogP contribution in [0.1, 0.15) is 35.6 Å². The van der Waals surface area contributed by atoms with Gasteiger partial charge in [-0.15, -0.1) is 0 Å². The fourth-order valence-corrected chi connectivity index (χ4v) is 2.31. The van der Waals surface area contributed by atoms with Crippen molar-refractivity contribution in [3.05, 3.63) is 34.4 Å². The number of esters is 1. The number of carbonyl (C=O) groups is 1. The summed E-state index contributed by atoms with van der Waals surface area (Å²) in [5, 5.41) is 9.15. The third-order valence-corrected chi connectivity index (χ3v) is 3.05. The average molecular weight is 332 g/mol. The molecule has 0 atom stereocenters. The Morgan fingerprint density at radius 1 is 1.53 bits per heavy atom. The van der Waals surface area contributed by atoms with Crippen LogP contribution in [0.3, 0.4) is 0 Å². The summed E-state index contributed by atoms with van der Waals surface area (Å²) < 4.78 is 30.7. The Balaban J connectivity index is 3.18. The number of hydrogen-bond donors (Lipinski definition) is 0. The van der Waals surface area contributed by atoms with Crippen molar-refractivity contribution in [2.75, 3.05) is 6.61 Å². The molecule has 1 aromatic carbocycles. The van der Waals surface area contributed by atoms with E-state index in [4.69, 9.17) is 10.00 Å². The fraction of sp³-hybridized carbons (Fsp3) is 0.385. The number of nitrogens with zero attached hydrogens (tertiary/aromatic N) is 1. The molecule has 0 spiro atoms. The van der Waals surface area contributed by atoms with E-state index in [1.54, 1.807) is 6.92 Å². The summed E-state index contributed by atoms with van der Waals surface area (Å²) in [6.07, 6.45) is -2.81. The van der Waals surface area contributed by atoms with Crippen molar-refractivity contribution >= 4 is 21.9 Å². The van der Waals surface area contributed by atoms with Crippen LogP contribution in [-0.2, 0) is 21.3 Å². The van der Waals surface area contributed by atoms with E-state index < -0.39 is 12.4 Å². The van der Waals surface area contributed by atoms with Crippen LogP contribution in [0.5, 0.6) is 0 Å². The zero-order valence-electron chi connectivity index (χ0n) is 10.3. The largest absolute Gasteiger partial charge is 0.466 e. The van der Waals surface area contributed by atoms with Gasteiger partial charge in [-0.1, -0.05) is 15.9 Å². The maximum Gasteiger partial charge on any atom is 0.310 e. The van der Waals surface area contributed by atoms with E-state index in [9.17, 15) is 13.6 Å². The number of nitriles is 1. The summed E-state index contributed by atoms with van der Waals surface area (Å²) in [5.41, 5.74) is 0.532. The Morgan fingerprint density at radius 3 is 2.68 bits per heavy atom. The van der Waals surface area contributed by atoms with Crippen LogP contribution in [0, 0.1) is 11.3 Å². The lowest BCUT2D eigenvalue weighted by Crippen LogP contribution is -2.09. The monoisotopic (exact) mass is 331 g/mol. The zero-order valence-corrected chi connectivity index (χ0v) is 11.8. The molecule has 0 bridgehead atoms. The number of rotatable bonds is 5. The first-order chi connectivity index (χ1) is 9.03. The first-order valence-electron chi connectivity index (χ1n) is 5.59. The zero-order chi connectivity index (χ0) is 14.4. The van der Waals surface area contributed by atoms with E-state index in [2.05, 4.69) is 15.9 Å². The number of hydrogen-bond acceptors (Lipinski definition) is 3. The predicted octanol–water partition coefficient (Wildman–Crippen LogP) is 3.50. The predicted molar refractivity (Wildman–Crippen MR) is 69.1 cm³/mol. The van der Waals surface area contributed by atoms with Crippen molar-refractivity contribution in [3.63, 3.8) is 0 Å². The van der Waals surface area contributed by atoms with Crippen LogP contribution in [-0.4, -0.2) is 12.6 Å². The van der Waals surface area contributed by atoms with Gasteiger partial charge in [0.1, 0.15) is 0 Å². The fourth-order valence-electron chi connectivity index (χ4n) is 1.68. The molecule has 1 rings (SSSR count). The van der Waals surface area contributed by atoms with Crippen LogP contribution in [0.4, 0.5) is 8.78 Å². The highest BCUT2D eigenvalue weighted by Crippen LogP contribution is 2.29. The first kappa shape index (κ1) is 15.6. The van der Waals surface area contributed by atoms with Gasteiger partial charge >= 0.3 is 5.97 Å². The lowest BCUT2D eigenvalue weighted by Gasteiger charge is -2.11. The summed E-state index contributed by atoms with van der Waals surface area (Å²) in [6.45, 7) is 1.89. The smallest absolute Gasteiger partial charge is 0.310 e. The normalized spacial score (nSPS) is 10.3. The molecule has 0 aliphatic rings. The van der Waals surface area contributed by atoms with E-state index in [1.165, 1.54) is 12.1 Å². The molecule has 0 aliphatic carbocycles. The third-order valence-electron chi connectivity index (χ3n) is 2.49. The molecular weight excluding hydrogens is 320 g/mol. The van der Waals surface area contributed by atoms with Crippen molar-refractivity contribution in [2.24, 2.45) is 0 Å². The molecule has 3 nitrogen and oxygen atoms in total. The Bertz CT molecular complexity index is 512. The van der Waals surface area contributed by atoms with Crippen molar-refractivity contribution in [1.82, 2.24) is 0 Å². The van der Waals surface area contributed by atoms with E-state index in [0.717, 1.165) is 0 Å². The quantitative estimate of drug-likeness (QED) is 0.613. The minimum absolute atomic E-state index is 0.120. The molecule has 0 unspecified atom stereocenters. The Hall–Kier alpha value is -1.48. The van der Waals surface area contributed by atoms with Gasteiger partial charge in [0.15, 0.2) is 0 Å². The Kier molecular flexibility index (Phi) is 5.90. The maximum absolute atomic E-state index is 12.9. The van der Waals surface area contributed by atoms with Crippen LogP contribution in [0.25, 0.3) is 0 Å². The molecule has 102 valence electrons. The van der Waals surface area contributed by atoms with Crippen molar-refractivity contribution < 1.29 is 18.3 Å². The molecule has 6 heteroatoms. The lowest BCUT2D eigenvalue weighted by atomic mass is 9.98. The van der Waals surface area contributed by atoms with Gasteiger partial charge in [-0.25, -0.2) is 8.78 Å². The van der Waals surface area contributed by atoms with E-state index in [0.29, 0.717) is 5.56 Å². The molecule has 0 amide bonds. The first-order valence-corrected chi connectivity index (χ1v) is 6.71. The van der Waals surface area contributed by atoms with E-state index >= 15 is 0 Å². The van der Waals surface area contributed by atoms with Crippen molar-refractivity contribution in [1.29, 1.82) is 5.26 Å². The number of halogens is 3. The van der Waals surface area contributed by atoms with Gasteiger partial charge < -0.3 is 4.74 Å². The summed E-state index contributed by atoms with van der Waals surface area (Å²) in [4.78, 5) is 11.3. The van der Waals surface area contributed by atoms with Crippen LogP contribution >= 0.6 is 15.9 Å². The highest BCUT2D eigenvalue weighted by Gasteiger charge is 2.18. The van der Waals surface area contributed by atoms with Gasteiger partial charge in [-0.3, -0.25) is 4.79 Å². The van der Waals surface area contributed by atoms with Gasteiger partial charge in [0.2, 0.25) is 0 Å². The summed E-state index contributed by atoms with van der Waals surface area (Å²) in [6, 6.07) is 4.56. The molecular formula is C13H12BrF2NO2. The van der Waals surface area contributed by atoms with Crippen molar-refractivity contribution in [2.45, 2.75) is 25.1 Å². The summed E-state index contributed by atoms with van der Waals surface area (Å²) in [7, 11) is 0. The summed E-state index contributed by atoms with van der Waals surface area (Å²) >= 11 is 3.09. The number of ether oxygens (including phenoxy) is 1. The summed E-state index contributed by atoms with van der Waals surface area (Å²) in [5.74, 6) is -0.502. The topological polar surface area (TPSA) is 50.1 Å². The second-order valence-corrected chi connectivity index (χ2v) is 4.30. The van der Waals surface area contributed by atoms with Gasteiger partial charge in [0, 0.05) is 10.9 Å². The van der Waals surface area contributed by atoms with Crippen LogP contribution in [0.15, 0.2) is 12.1 Å². The molecule has 0 aliphatic heterocycles. The second-order valence-electron chi connectivity index (χ2n) is 3.74. The minimum Gasteiger partial charge on any atom is -0.466 e. The van der Waals surface area contributed by atoms with Crippen LogP contribution in [0.2, 0.25) is 0 Å². The standard InChI is InChI=1S/C13H12BrF2NO2/c1-2-19-12(18)5-8-3-9(7-17)11(6-14)10(4-8)13(15)16/h3-4,13H,2,5-6H2,1H3.